The van der Waals surface area contributed by atoms with E-state index in [2.05, 4.69) is 0 Å². The van der Waals surface area contributed by atoms with Gasteiger partial charge in [0.1, 0.15) is 28.7 Å². The molecular weight excluding hydrogens is 226 g/mol. The Morgan fingerprint density at radius 1 is 1.38 bits per heavy atom. The number of carbonyl (C=O) groups is 1. The first-order valence-electron chi connectivity index (χ1n) is 3.91. The first-order valence-corrected chi connectivity index (χ1v) is 4.73. The van der Waals surface area contributed by atoms with E-state index in [1.165, 1.54) is 12.1 Å². The fourth-order valence-corrected chi connectivity index (χ4v) is 1.78. The molecule has 0 fully saturated rings. The lowest BCUT2D eigenvalue weighted by Crippen LogP contribution is -1.96. The van der Waals surface area contributed by atoms with Crippen molar-refractivity contribution in [3.8, 4) is 18.2 Å². The minimum Gasteiger partial charge on any atom is -0.477 e. The number of thiophene rings is 1. The van der Waals surface area contributed by atoms with Gasteiger partial charge in [-0.15, -0.1) is 11.3 Å². The minimum absolute atomic E-state index is 0.182. The van der Waals surface area contributed by atoms with Gasteiger partial charge in [0.05, 0.1) is 5.56 Å². The van der Waals surface area contributed by atoms with Crippen LogP contribution in [0.2, 0.25) is 0 Å². The van der Waals surface area contributed by atoms with E-state index in [1.807, 2.05) is 12.1 Å². The van der Waals surface area contributed by atoms with Gasteiger partial charge in [-0.3, -0.25) is 0 Å². The third kappa shape index (κ3) is 2.24. The summed E-state index contributed by atoms with van der Waals surface area (Å²) in [5.41, 5.74) is -0.253. The number of nitrogens with zero attached hydrogens (tertiary/aromatic N) is 3. The van der Waals surface area contributed by atoms with Gasteiger partial charge in [0.15, 0.2) is 0 Å². The van der Waals surface area contributed by atoms with Crippen molar-refractivity contribution in [2.24, 2.45) is 0 Å². The number of hydrogen-bond acceptors (Lipinski definition) is 5. The number of carboxylic acid groups (broad SMARTS) is 1. The lowest BCUT2D eigenvalue weighted by Gasteiger charge is -1.86. The second-order valence-electron chi connectivity index (χ2n) is 2.59. The Bertz CT molecular complexity index is 562. The molecule has 1 heterocycles. The van der Waals surface area contributed by atoms with Gasteiger partial charge in [-0.2, -0.15) is 15.8 Å². The third-order valence-corrected chi connectivity index (χ3v) is 2.60. The van der Waals surface area contributed by atoms with E-state index in [0.29, 0.717) is 4.88 Å². The zero-order valence-electron chi connectivity index (χ0n) is 7.76. The van der Waals surface area contributed by atoms with E-state index in [0.717, 1.165) is 17.4 Å². The average molecular weight is 229 g/mol. The summed E-state index contributed by atoms with van der Waals surface area (Å²) in [6, 6.07) is 6.54. The Balaban J connectivity index is 3.24. The SMILES string of the molecule is N#C/C(=C\c1cc(C#N)c(C#N)s1)C(=O)O. The fraction of sp³-hybridized carbons (Fsp3) is 0. The van der Waals surface area contributed by atoms with E-state index >= 15 is 0 Å². The van der Waals surface area contributed by atoms with Crippen molar-refractivity contribution in [1.82, 2.24) is 0 Å². The third-order valence-electron chi connectivity index (χ3n) is 1.61. The molecule has 1 aromatic rings. The van der Waals surface area contributed by atoms with Crippen molar-refractivity contribution in [2.75, 3.05) is 0 Å². The fourth-order valence-electron chi connectivity index (χ4n) is 0.931. The largest absolute Gasteiger partial charge is 0.477 e. The van der Waals surface area contributed by atoms with E-state index in [1.54, 1.807) is 0 Å². The van der Waals surface area contributed by atoms with Crippen molar-refractivity contribution in [2.45, 2.75) is 0 Å². The molecular formula is C10H3N3O2S. The summed E-state index contributed by atoms with van der Waals surface area (Å²) in [7, 11) is 0. The van der Waals surface area contributed by atoms with Gasteiger partial charge in [-0.05, 0) is 12.1 Å². The number of hydrogen-bond donors (Lipinski definition) is 1. The summed E-state index contributed by atoms with van der Waals surface area (Å²) in [5.74, 6) is -1.34. The second kappa shape index (κ2) is 4.75. The predicted molar refractivity (Wildman–Crippen MR) is 55.0 cm³/mol. The van der Waals surface area contributed by atoms with Gasteiger partial charge in [-0.25, -0.2) is 4.79 Å². The highest BCUT2D eigenvalue weighted by atomic mass is 32.1. The lowest BCUT2D eigenvalue weighted by atomic mass is 10.2. The molecule has 1 rings (SSSR count). The van der Waals surface area contributed by atoms with Gasteiger partial charge < -0.3 is 5.11 Å². The Hall–Kier alpha value is -2.62. The van der Waals surface area contributed by atoms with Crippen LogP contribution in [0.15, 0.2) is 11.6 Å². The lowest BCUT2D eigenvalue weighted by molar-refractivity contribution is -0.132. The molecule has 0 aliphatic heterocycles. The highest BCUT2D eigenvalue weighted by molar-refractivity contribution is 7.13. The molecule has 0 saturated heterocycles. The smallest absolute Gasteiger partial charge is 0.346 e. The second-order valence-corrected chi connectivity index (χ2v) is 3.67. The van der Waals surface area contributed by atoms with Crippen LogP contribution in [-0.2, 0) is 4.79 Å². The maximum Gasteiger partial charge on any atom is 0.346 e. The predicted octanol–water partition coefficient (Wildman–Crippen LogP) is 1.48. The zero-order chi connectivity index (χ0) is 12.1. The highest BCUT2D eigenvalue weighted by Gasteiger charge is 2.10. The molecule has 0 atom stereocenters. The van der Waals surface area contributed by atoms with Gasteiger partial charge >= 0.3 is 5.97 Å². The van der Waals surface area contributed by atoms with Crippen LogP contribution in [0.1, 0.15) is 15.3 Å². The van der Waals surface area contributed by atoms with E-state index in [-0.39, 0.29) is 10.4 Å². The molecule has 0 aromatic carbocycles. The Labute approximate surface area is 94.7 Å². The van der Waals surface area contributed by atoms with Crippen LogP contribution < -0.4 is 0 Å². The maximum absolute atomic E-state index is 10.5. The summed E-state index contributed by atoms with van der Waals surface area (Å²) in [6.45, 7) is 0. The topological polar surface area (TPSA) is 109 Å². The molecule has 6 heteroatoms. The molecule has 5 nitrogen and oxygen atoms in total. The van der Waals surface area contributed by atoms with Crippen LogP contribution in [-0.4, -0.2) is 11.1 Å². The van der Waals surface area contributed by atoms with Crippen LogP contribution >= 0.6 is 11.3 Å². The van der Waals surface area contributed by atoms with Crippen molar-refractivity contribution >= 4 is 23.4 Å². The van der Waals surface area contributed by atoms with E-state index in [9.17, 15) is 4.79 Å². The molecule has 0 unspecified atom stereocenters. The monoisotopic (exact) mass is 229 g/mol. The van der Waals surface area contributed by atoms with Crippen LogP contribution in [0, 0.1) is 34.0 Å². The molecule has 0 spiro atoms. The molecule has 1 N–H and O–H groups in total. The summed E-state index contributed by atoms with van der Waals surface area (Å²) >= 11 is 0.971. The summed E-state index contributed by atoms with van der Waals surface area (Å²) < 4.78 is 0. The highest BCUT2D eigenvalue weighted by Crippen LogP contribution is 2.23. The van der Waals surface area contributed by atoms with Crippen LogP contribution in [0.4, 0.5) is 0 Å². The molecule has 76 valence electrons. The molecule has 1 aromatic heterocycles. The average Bonchev–Trinajstić information content (AvgIpc) is 2.67. The Kier molecular flexibility index (Phi) is 3.40. The zero-order valence-corrected chi connectivity index (χ0v) is 8.58. The van der Waals surface area contributed by atoms with Crippen molar-refractivity contribution < 1.29 is 9.90 Å². The van der Waals surface area contributed by atoms with Gasteiger partial charge in [0, 0.05) is 4.88 Å². The molecule has 0 aliphatic carbocycles. The van der Waals surface area contributed by atoms with E-state index < -0.39 is 11.5 Å². The number of aliphatic carboxylic acids is 1. The normalized spacial score (nSPS) is 9.94. The standard InChI is InChI=1S/C10H3N3O2S/c11-3-6-1-8(16-9(6)5-13)2-7(4-12)10(14)15/h1-2H,(H,14,15)/b7-2+. The van der Waals surface area contributed by atoms with Gasteiger partial charge in [0.2, 0.25) is 0 Å². The molecule has 0 aliphatic rings. The van der Waals surface area contributed by atoms with Gasteiger partial charge in [0.25, 0.3) is 0 Å². The van der Waals surface area contributed by atoms with E-state index in [4.69, 9.17) is 20.9 Å². The van der Waals surface area contributed by atoms with Crippen molar-refractivity contribution in [3.63, 3.8) is 0 Å². The minimum atomic E-state index is -1.34. The molecule has 0 bridgehead atoms. The Morgan fingerprint density at radius 3 is 2.44 bits per heavy atom. The summed E-state index contributed by atoms with van der Waals surface area (Å²) in [6.07, 6.45) is 1.13. The molecule has 0 saturated carbocycles. The van der Waals surface area contributed by atoms with Crippen LogP contribution in [0.5, 0.6) is 0 Å². The molecule has 16 heavy (non-hydrogen) atoms. The first kappa shape index (κ1) is 11.5. The molecule has 0 radical (unpaired) electrons. The quantitative estimate of drug-likeness (QED) is 0.610. The van der Waals surface area contributed by atoms with Crippen LogP contribution in [0.25, 0.3) is 6.08 Å². The number of carboxylic acids is 1. The van der Waals surface area contributed by atoms with Crippen LogP contribution in [0.3, 0.4) is 0 Å². The Morgan fingerprint density at radius 2 is 2.06 bits per heavy atom. The van der Waals surface area contributed by atoms with Crippen molar-refractivity contribution in [3.05, 3.63) is 27.0 Å². The maximum atomic E-state index is 10.5. The van der Waals surface area contributed by atoms with Gasteiger partial charge in [-0.1, -0.05) is 0 Å². The first-order chi connectivity index (χ1) is 7.62. The van der Waals surface area contributed by atoms with Crippen molar-refractivity contribution in [1.29, 1.82) is 15.8 Å². The number of rotatable bonds is 2. The number of nitriles is 3. The summed E-state index contributed by atoms with van der Waals surface area (Å²) in [5, 5.41) is 34.5. The summed E-state index contributed by atoms with van der Waals surface area (Å²) in [4.78, 5) is 11.1. The molecule has 0 amide bonds.